The minimum absolute atomic E-state index is 0.194. The van der Waals surface area contributed by atoms with E-state index in [0.717, 1.165) is 37.8 Å². The van der Waals surface area contributed by atoms with Gasteiger partial charge in [-0.2, -0.15) is 13.2 Å². The molecule has 1 aliphatic carbocycles. The van der Waals surface area contributed by atoms with E-state index in [0.29, 0.717) is 16.7 Å². The zero-order chi connectivity index (χ0) is 14.8. The summed E-state index contributed by atoms with van der Waals surface area (Å²) < 4.78 is 38.3. The number of rotatable bonds is 3. The van der Waals surface area contributed by atoms with E-state index in [4.69, 9.17) is 5.73 Å². The Bertz CT molecular complexity index is 468. The molecule has 1 aromatic carbocycles. The summed E-state index contributed by atoms with van der Waals surface area (Å²) in [5, 5.41) is 3.35. The minimum Gasteiger partial charge on any atom is -0.377 e. The Morgan fingerprint density at radius 3 is 2.35 bits per heavy atom. The molecule has 0 aromatic heterocycles. The van der Waals surface area contributed by atoms with E-state index in [2.05, 4.69) is 21.2 Å². The van der Waals surface area contributed by atoms with Crippen LogP contribution >= 0.6 is 15.9 Å². The maximum Gasteiger partial charge on any atom is 0.416 e. The van der Waals surface area contributed by atoms with E-state index in [9.17, 15) is 13.2 Å². The summed E-state index contributed by atoms with van der Waals surface area (Å²) in [4.78, 5) is 0. The number of benzene rings is 1. The van der Waals surface area contributed by atoms with E-state index >= 15 is 0 Å². The Morgan fingerprint density at radius 2 is 1.85 bits per heavy atom. The quantitative estimate of drug-likeness (QED) is 0.839. The van der Waals surface area contributed by atoms with Gasteiger partial charge in [-0.3, -0.25) is 0 Å². The van der Waals surface area contributed by atoms with Crippen molar-refractivity contribution in [3.8, 4) is 0 Å². The lowest BCUT2D eigenvalue weighted by Crippen LogP contribution is -2.47. The van der Waals surface area contributed by atoms with E-state index in [1.54, 1.807) is 0 Å². The molecule has 0 aliphatic heterocycles. The molecule has 1 aliphatic rings. The van der Waals surface area contributed by atoms with Gasteiger partial charge in [-0.1, -0.05) is 19.3 Å². The predicted molar refractivity (Wildman–Crippen MR) is 77.6 cm³/mol. The second-order valence-electron chi connectivity index (χ2n) is 5.36. The smallest absolute Gasteiger partial charge is 0.377 e. The third-order valence-electron chi connectivity index (χ3n) is 3.90. The number of nitrogens with one attached hydrogen (secondary N) is 1. The van der Waals surface area contributed by atoms with Crippen LogP contribution < -0.4 is 11.1 Å². The fourth-order valence-corrected chi connectivity index (χ4v) is 3.17. The first-order chi connectivity index (χ1) is 9.36. The van der Waals surface area contributed by atoms with Gasteiger partial charge >= 0.3 is 6.18 Å². The van der Waals surface area contributed by atoms with Gasteiger partial charge in [-0.25, -0.2) is 0 Å². The van der Waals surface area contributed by atoms with Gasteiger partial charge in [0.25, 0.3) is 0 Å². The molecule has 1 fully saturated rings. The van der Waals surface area contributed by atoms with Crippen LogP contribution in [-0.2, 0) is 6.18 Å². The molecule has 20 heavy (non-hydrogen) atoms. The van der Waals surface area contributed by atoms with Gasteiger partial charge < -0.3 is 11.1 Å². The maximum absolute atomic E-state index is 12.6. The molecule has 6 heteroatoms. The van der Waals surface area contributed by atoms with E-state index in [1.807, 2.05) is 0 Å². The van der Waals surface area contributed by atoms with E-state index in [-0.39, 0.29) is 5.54 Å². The molecular weight excluding hydrogens is 333 g/mol. The van der Waals surface area contributed by atoms with Gasteiger partial charge in [0.1, 0.15) is 0 Å². The highest BCUT2D eigenvalue weighted by Crippen LogP contribution is 2.37. The molecule has 0 radical (unpaired) electrons. The molecule has 0 spiro atoms. The van der Waals surface area contributed by atoms with Crippen LogP contribution in [0.3, 0.4) is 0 Å². The second-order valence-corrected chi connectivity index (χ2v) is 6.22. The lowest BCUT2D eigenvalue weighted by molar-refractivity contribution is -0.137. The molecule has 0 heterocycles. The fourth-order valence-electron chi connectivity index (χ4n) is 2.69. The Morgan fingerprint density at radius 1 is 1.20 bits per heavy atom. The molecule has 1 saturated carbocycles. The molecular formula is C14H18BrF3N2. The first-order valence-corrected chi connectivity index (χ1v) is 7.51. The zero-order valence-corrected chi connectivity index (χ0v) is 12.6. The van der Waals surface area contributed by atoms with Crippen molar-refractivity contribution in [3.05, 3.63) is 28.2 Å². The maximum atomic E-state index is 12.6. The van der Waals surface area contributed by atoms with Gasteiger partial charge in [0.15, 0.2) is 0 Å². The highest BCUT2D eigenvalue weighted by molar-refractivity contribution is 9.10. The van der Waals surface area contributed by atoms with Gasteiger partial charge in [0.05, 0.1) is 5.56 Å². The van der Waals surface area contributed by atoms with Crippen molar-refractivity contribution in [1.29, 1.82) is 0 Å². The normalized spacial score (nSPS) is 18.9. The topological polar surface area (TPSA) is 38.0 Å². The highest BCUT2D eigenvalue weighted by Gasteiger charge is 2.33. The van der Waals surface area contributed by atoms with Gasteiger partial charge in [0.2, 0.25) is 0 Å². The number of hydrogen-bond acceptors (Lipinski definition) is 2. The third-order valence-corrected chi connectivity index (χ3v) is 4.55. The van der Waals surface area contributed by atoms with Crippen molar-refractivity contribution in [2.24, 2.45) is 5.73 Å². The van der Waals surface area contributed by atoms with Crippen molar-refractivity contribution >= 4 is 21.6 Å². The monoisotopic (exact) mass is 350 g/mol. The average molecular weight is 351 g/mol. The van der Waals surface area contributed by atoms with Crippen molar-refractivity contribution in [1.82, 2.24) is 0 Å². The molecule has 112 valence electrons. The standard InChI is InChI=1S/C14H18BrF3N2/c15-11-8-10(14(16,17)18)4-5-12(11)20-13(9-19)6-2-1-3-7-13/h4-5,8,20H,1-3,6-7,9,19H2. The van der Waals surface area contributed by atoms with Gasteiger partial charge in [0, 0.05) is 22.2 Å². The van der Waals surface area contributed by atoms with Crippen LogP contribution in [0.15, 0.2) is 22.7 Å². The molecule has 2 rings (SSSR count). The Kier molecular flexibility index (Phi) is 4.64. The van der Waals surface area contributed by atoms with E-state index in [1.165, 1.54) is 12.5 Å². The summed E-state index contributed by atoms with van der Waals surface area (Å²) in [5.74, 6) is 0. The van der Waals surface area contributed by atoms with Crippen LogP contribution in [0.25, 0.3) is 0 Å². The average Bonchev–Trinajstić information content (AvgIpc) is 2.41. The van der Waals surface area contributed by atoms with Crippen LogP contribution in [-0.4, -0.2) is 12.1 Å². The van der Waals surface area contributed by atoms with Crippen molar-refractivity contribution < 1.29 is 13.2 Å². The molecule has 0 saturated heterocycles. The summed E-state index contributed by atoms with van der Waals surface area (Å²) in [6.07, 6.45) is 0.980. The van der Waals surface area contributed by atoms with Crippen molar-refractivity contribution in [2.75, 3.05) is 11.9 Å². The van der Waals surface area contributed by atoms with Crippen LogP contribution in [0, 0.1) is 0 Å². The lowest BCUT2D eigenvalue weighted by Gasteiger charge is -2.38. The van der Waals surface area contributed by atoms with Crippen LogP contribution in [0.2, 0.25) is 0 Å². The second kappa shape index (κ2) is 5.93. The Balaban J connectivity index is 2.21. The van der Waals surface area contributed by atoms with Gasteiger partial charge in [-0.15, -0.1) is 0 Å². The first-order valence-electron chi connectivity index (χ1n) is 6.71. The highest BCUT2D eigenvalue weighted by atomic mass is 79.9. The minimum atomic E-state index is -4.32. The molecule has 0 unspecified atom stereocenters. The van der Waals surface area contributed by atoms with Crippen molar-refractivity contribution in [3.63, 3.8) is 0 Å². The predicted octanol–water partition coefficient (Wildman–Crippen LogP) is 4.54. The fraction of sp³-hybridized carbons (Fsp3) is 0.571. The van der Waals surface area contributed by atoms with Crippen LogP contribution in [0.4, 0.5) is 18.9 Å². The number of hydrogen-bond donors (Lipinski definition) is 2. The summed E-state index contributed by atoms with van der Waals surface area (Å²) in [6.45, 7) is 0.487. The Labute approximate surface area is 125 Å². The van der Waals surface area contributed by atoms with Crippen LogP contribution in [0.1, 0.15) is 37.7 Å². The zero-order valence-electron chi connectivity index (χ0n) is 11.1. The first kappa shape index (κ1) is 15.6. The molecule has 3 N–H and O–H groups in total. The number of nitrogens with two attached hydrogens (primary N) is 1. The largest absolute Gasteiger partial charge is 0.416 e. The number of halogens is 4. The third kappa shape index (κ3) is 3.47. The van der Waals surface area contributed by atoms with Crippen LogP contribution in [0.5, 0.6) is 0 Å². The number of anilines is 1. The summed E-state index contributed by atoms with van der Waals surface area (Å²) >= 11 is 3.22. The Hall–Kier alpha value is -0.750. The molecule has 1 aromatic rings. The summed E-state index contributed by atoms with van der Waals surface area (Å²) in [7, 11) is 0. The summed E-state index contributed by atoms with van der Waals surface area (Å²) in [5.41, 5.74) is 5.70. The molecule has 2 nitrogen and oxygen atoms in total. The molecule has 0 bridgehead atoms. The van der Waals surface area contributed by atoms with E-state index < -0.39 is 11.7 Å². The molecule has 0 atom stereocenters. The number of alkyl halides is 3. The SMILES string of the molecule is NCC1(Nc2ccc(C(F)(F)F)cc2Br)CCCCC1. The van der Waals surface area contributed by atoms with Gasteiger partial charge in [-0.05, 0) is 47.0 Å². The molecule has 0 amide bonds. The van der Waals surface area contributed by atoms with Crippen molar-refractivity contribution in [2.45, 2.75) is 43.8 Å². The summed E-state index contributed by atoms with van der Waals surface area (Å²) in [6, 6.07) is 3.68. The lowest BCUT2D eigenvalue weighted by atomic mass is 9.81.